The normalized spacial score (nSPS) is 14.7. The molecule has 0 radical (unpaired) electrons. The second kappa shape index (κ2) is 6.96. The summed E-state index contributed by atoms with van der Waals surface area (Å²) in [7, 11) is 3.39. The molecule has 0 bridgehead atoms. The lowest BCUT2D eigenvalue weighted by atomic mass is 10.3. The van der Waals surface area contributed by atoms with E-state index in [4.69, 9.17) is 9.47 Å². The zero-order valence-corrected chi connectivity index (χ0v) is 12.4. The van der Waals surface area contributed by atoms with Crippen molar-refractivity contribution in [1.82, 2.24) is 10.3 Å². The lowest BCUT2D eigenvalue weighted by molar-refractivity contribution is 0.0276. The molecule has 0 aliphatic carbocycles. The summed E-state index contributed by atoms with van der Waals surface area (Å²) in [5.41, 5.74) is 1.07. The van der Waals surface area contributed by atoms with Gasteiger partial charge < -0.3 is 14.8 Å². The third-order valence-corrected chi connectivity index (χ3v) is 4.24. The number of methoxy groups -OCH3 is 2. The molecule has 104 valence electrons. The first kappa shape index (κ1) is 14.4. The Labute approximate surface area is 117 Å². The highest BCUT2D eigenvalue weighted by Gasteiger charge is 2.13. The van der Waals surface area contributed by atoms with Crippen LogP contribution in [0.1, 0.15) is 18.0 Å². The highest BCUT2D eigenvalue weighted by Crippen LogP contribution is 2.25. The molecular weight excluding hydrogens is 260 g/mol. The Bertz CT molecular complexity index is 482. The van der Waals surface area contributed by atoms with Gasteiger partial charge in [-0.25, -0.2) is 4.98 Å². The molecule has 19 heavy (non-hydrogen) atoms. The van der Waals surface area contributed by atoms with Gasteiger partial charge in [-0.1, -0.05) is 12.1 Å². The number of rotatable bonds is 7. The van der Waals surface area contributed by atoms with Crippen LogP contribution in [0.2, 0.25) is 0 Å². The molecule has 2 aromatic rings. The van der Waals surface area contributed by atoms with Gasteiger partial charge in [-0.15, -0.1) is 11.3 Å². The maximum absolute atomic E-state index is 5.33. The van der Waals surface area contributed by atoms with E-state index in [-0.39, 0.29) is 12.1 Å². The van der Waals surface area contributed by atoms with Crippen LogP contribution in [0, 0.1) is 0 Å². The third-order valence-electron chi connectivity index (χ3n) is 3.02. The Morgan fingerprint density at radius 1 is 1.32 bits per heavy atom. The summed E-state index contributed by atoms with van der Waals surface area (Å²) in [4.78, 5) is 4.65. The van der Waals surface area contributed by atoms with Crippen molar-refractivity contribution in [3.05, 3.63) is 29.3 Å². The monoisotopic (exact) mass is 280 g/mol. The number of nitrogens with one attached hydrogen (secondary N) is 1. The average Bonchev–Trinajstić information content (AvgIpc) is 2.87. The van der Waals surface area contributed by atoms with E-state index in [1.165, 1.54) is 4.70 Å². The van der Waals surface area contributed by atoms with Gasteiger partial charge in [-0.2, -0.15) is 0 Å². The number of hydrogen-bond donors (Lipinski definition) is 1. The summed E-state index contributed by atoms with van der Waals surface area (Å²) in [5.74, 6) is 0. The van der Waals surface area contributed by atoms with Crippen molar-refractivity contribution in [2.75, 3.05) is 27.4 Å². The van der Waals surface area contributed by atoms with Crippen LogP contribution in [0.4, 0.5) is 0 Å². The van der Waals surface area contributed by atoms with Crippen molar-refractivity contribution in [1.29, 1.82) is 0 Å². The number of fused-ring (bicyclic) bond motifs is 1. The number of nitrogens with zero attached hydrogens (tertiary/aromatic N) is 1. The highest BCUT2D eigenvalue weighted by atomic mass is 32.1. The molecule has 0 saturated heterocycles. The van der Waals surface area contributed by atoms with Crippen molar-refractivity contribution in [2.24, 2.45) is 0 Å². The lowest BCUT2D eigenvalue weighted by Crippen LogP contribution is -2.33. The maximum Gasteiger partial charge on any atom is 0.111 e. The predicted molar refractivity (Wildman–Crippen MR) is 78.7 cm³/mol. The fourth-order valence-electron chi connectivity index (χ4n) is 1.87. The quantitative estimate of drug-likeness (QED) is 0.846. The topological polar surface area (TPSA) is 43.4 Å². The Morgan fingerprint density at radius 2 is 2.11 bits per heavy atom. The van der Waals surface area contributed by atoms with Crippen molar-refractivity contribution in [3.8, 4) is 0 Å². The molecule has 2 rings (SSSR count). The molecule has 2 atom stereocenters. The minimum Gasteiger partial charge on any atom is -0.382 e. The van der Waals surface area contributed by atoms with E-state index in [2.05, 4.69) is 23.3 Å². The summed E-state index contributed by atoms with van der Waals surface area (Å²) < 4.78 is 11.7. The van der Waals surface area contributed by atoms with Gasteiger partial charge in [0.2, 0.25) is 0 Å². The van der Waals surface area contributed by atoms with E-state index >= 15 is 0 Å². The third kappa shape index (κ3) is 3.73. The SMILES string of the molecule is COCC(CNC(C)c1nc2ccccc2s1)OC. The number of aromatic nitrogens is 1. The minimum atomic E-state index is 0.0711. The van der Waals surface area contributed by atoms with Crippen LogP contribution in [-0.2, 0) is 9.47 Å². The van der Waals surface area contributed by atoms with Crippen molar-refractivity contribution in [2.45, 2.75) is 19.1 Å². The molecule has 1 N–H and O–H groups in total. The van der Waals surface area contributed by atoms with Crippen LogP contribution in [0.5, 0.6) is 0 Å². The standard InChI is InChI=1S/C14H20N2O2S/c1-10(15-8-11(18-3)9-17-2)14-16-12-6-4-5-7-13(12)19-14/h4-7,10-11,15H,8-9H2,1-3H3. The zero-order valence-electron chi connectivity index (χ0n) is 11.6. The van der Waals surface area contributed by atoms with Crippen LogP contribution < -0.4 is 5.32 Å². The van der Waals surface area contributed by atoms with Crippen LogP contribution in [-0.4, -0.2) is 38.5 Å². The van der Waals surface area contributed by atoms with E-state index in [1.807, 2.05) is 18.2 Å². The number of ether oxygens (including phenoxy) is 2. The highest BCUT2D eigenvalue weighted by molar-refractivity contribution is 7.18. The van der Waals surface area contributed by atoms with Gasteiger partial charge >= 0.3 is 0 Å². The summed E-state index contributed by atoms with van der Waals surface area (Å²) in [5, 5.41) is 4.54. The lowest BCUT2D eigenvalue weighted by Gasteiger charge is -2.17. The molecular formula is C14H20N2O2S. The second-order valence-electron chi connectivity index (χ2n) is 4.46. The predicted octanol–water partition coefficient (Wildman–Crippen LogP) is 2.61. The molecule has 0 aliphatic rings. The molecule has 1 aromatic carbocycles. The molecule has 4 nitrogen and oxygen atoms in total. The summed E-state index contributed by atoms with van der Waals surface area (Å²) in [6, 6.07) is 8.43. The molecule has 0 amide bonds. The largest absolute Gasteiger partial charge is 0.382 e. The molecule has 0 saturated carbocycles. The molecule has 0 fully saturated rings. The van der Waals surface area contributed by atoms with Crippen LogP contribution in [0.15, 0.2) is 24.3 Å². The Kier molecular flexibility index (Phi) is 5.27. The molecule has 0 spiro atoms. The second-order valence-corrected chi connectivity index (χ2v) is 5.53. The summed E-state index contributed by atoms with van der Waals surface area (Å²) in [6.45, 7) is 3.47. The van der Waals surface area contributed by atoms with Gasteiger partial charge in [0.15, 0.2) is 0 Å². The fourth-order valence-corrected chi connectivity index (χ4v) is 2.86. The first-order chi connectivity index (χ1) is 9.24. The fraction of sp³-hybridized carbons (Fsp3) is 0.500. The number of thiazole rings is 1. The Hall–Kier alpha value is -1.01. The Balaban J connectivity index is 1.97. The smallest absolute Gasteiger partial charge is 0.111 e. The zero-order chi connectivity index (χ0) is 13.7. The number of benzene rings is 1. The van der Waals surface area contributed by atoms with Gasteiger partial charge in [0.1, 0.15) is 5.01 Å². The Morgan fingerprint density at radius 3 is 2.79 bits per heavy atom. The van der Waals surface area contributed by atoms with E-state index in [1.54, 1.807) is 25.6 Å². The first-order valence-corrected chi connectivity index (χ1v) is 7.16. The molecule has 5 heteroatoms. The van der Waals surface area contributed by atoms with Gasteiger partial charge in [0.05, 0.1) is 29.0 Å². The maximum atomic E-state index is 5.33. The van der Waals surface area contributed by atoms with Gasteiger partial charge in [0.25, 0.3) is 0 Å². The molecule has 0 aliphatic heterocycles. The number of para-hydroxylation sites is 1. The first-order valence-electron chi connectivity index (χ1n) is 6.35. The van der Waals surface area contributed by atoms with E-state index in [9.17, 15) is 0 Å². The van der Waals surface area contributed by atoms with Crippen molar-refractivity contribution < 1.29 is 9.47 Å². The van der Waals surface area contributed by atoms with Crippen molar-refractivity contribution >= 4 is 21.6 Å². The van der Waals surface area contributed by atoms with Crippen LogP contribution in [0.25, 0.3) is 10.2 Å². The van der Waals surface area contributed by atoms with E-state index in [0.29, 0.717) is 6.61 Å². The van der Waals surface area contributed by atoms with Crippen molar-refractivity contribution in [3.63, 3.8) is 0 Å². The van der Waals surface area contributed by atoms with Crippen LogP contribution in [0.3, 0.4) is 0 Å². The van der Waals surface area contributed by atoms with Gasteiger partial charge in [0, 0.05) is 20.8 Å². The minimum absolute atomic E-state index is 0.0711. The van der Waals surface area contributed by atoms with Gasteiger partial charge in [-0.3, -0.25) is 0 Å². The van der Waals surface area contributed by atoms with Crippen LogP contribution >= 0.6 is 11.3 Å². The van der Waals surface area contributed by atoms with Gasteiger partial charge in [-0.05, 0) is 19.1 Å². The summed E-state index contributed by atoms with van der Waals surface area (Å²) >= 11 is 1.73. The van der Waals surface area contributed by atoms with E-state index in [0.717, 1.165) is 17.1 Å². The van der Waals surface area contributed by atoms with E-state index < -0.39 is 0 Å². The molecule has 2 unspecified atom stereocenters. The molecule has 1 heterocycles. The average molecular weight is 280 g/mol. The number of hydrogen-bond acceptors (Lipinski definition) is 5. The molecule has 1 aromatic heterocycles. The summed E-state index contributed by atoms with van der Waals surface area (Å²) in [6.07, 6.45) is 0.0711.